The number of hydrogen-bond acceptors (Lipinski definition) is 6. The molecule has 184 valence electrons. The van der Waals surface area contributed by atoms with Gasteiger partial charge in [-0.25, -0.2) is 0 Å². The van der Waals surface area contributed by atoms with E-state index in [9.17, 15) is 4.79 Å². The van der Waals surface area contributed by atoms with Gasteiger partial charge >= 0.3 is 0 Å². The predicted molar refractivity (Wildman–Crippen MR) is 147 cm³/mol. The highest BCUT2D eigenvalue weighted by Crippen LogP contribution is 2.33. The topological polar surface area (TPSA) is 93.1 Å². The van der Waals surface area contributed by atoms with Gasteiger partial charge in [0.15, 0.2) is 16.1 Å². The minimum absolute atomic E-state index is 0.107. The molecule has 0 saturated carbocycles. The van der Waals surface area contributed by atoms with Crippen LogP contribution in [0.2, 0.25) is 0 Å². The molecular formula is C26H26N6O2S2. The molecule has 1 amide bonds. The van der Waals surface area contributed by atoms with Crippen LogP contribution in [-0.4, -0.2) is 38.6 Å². The summed E-state index contributed by atoms with van der Waals surface area (Å²) in [6.07, 6.45) is 0. The number of carbonyl (C=O) groups is 1. The van der Waals surface area contributed by atoms with E-state index in [-0.39, 0.29) is 11.7 Å². The van der Waals surface area contributed by atoms with Gasteiger partial charge in [0.1, 0.15) is 5.75 Å². The average molecular weight is 519 g/mol. The minimum Gasteiger partial charge on any atom is -0.496 e. The number of thioether (sulfide) groups is 1. The van der Waals surface area contributed by atoms with Crippen LogP contribution in [0.4, 0.5) is 5.69 Å². The van der Waals surface area contributed by atoms with E-state index < -0.39 is 0 Å². The Bertz CT molecular complexity index is 1370. The zero-order valence-corrected chi connectivity index (χ0v) is 21.7. The molecule has 8 nitrogen and oxygen atoms in total. The lowest BCUT2D eigenvalue weighted by Crippen LogP contribution is -2.44. The standard InChI is InChI=1S/C26H26N6O2S2/c1-17-13-14-19(15-18(17)2)27-25(35)30-28-23(33)16-36-26-31-29-24(21-11-7-8-12-22(21)34-3)32(26)20-9-5-4-6-10-20/h4-15H,16H2,1-3H3,(H,28,33)(H2,27,30,35). The lowest BCUT2D eigenvalue weighted by atomic mass is 10.1. The van der Waals surface area contributed by atoms with Crippen LogP contribution in [0, 0.1) is 13.8 Å². The van der Waals surface area contributed by atoms with Crippen LogP contribution in [0.5, 0.6) is 5.75 Å². The highest BCUT2D eigenvalue weighted by molar-refractivity contribution is 7.99. The van der Waals surface area contributed by atoms with Crippen molar-refractivity contribution >= 4 is 40.7 Å². The van der Waals surface area contributed by atoms with Gasteiger partial charge in [0.05, 0.1) is 18.4 Å². The number of carbonyl (C=O) groups excluding carboxylic acids is 1. The molecule has 0 aliphatic carbocycles. The van der Waals surface area contributed by atoms with Crippen molar-refractivity contribution in [2.75, 3.05) is 18.2 Å². The van der Waals surface area contributed by atoms with E-state index in [0.717, 1.165) is 22.5 Å². The number of aromatic nitrogens is 3. The maximum absolute atomic E-state index is 12.5. The Balaban J connectivity index is 1.44. The van der Waals surface area contributed by atoms with Crippen molar-refractivity contribution in [3.63, 3.8) is 0 Å². The van der Waals surface area contributed by atoms with Gasteiger partial charge in [-0.2, -0.15) is 0 Å². The summed E-state index contributed by atoms with van der Waals surface area (Å²) in [6, 6.07) is 23.3. The van der Waals surface area contributed by atoms with Crippen LogP contribution in [0.15, 0.2) is 78.0 Å². The van der Waals surface area contributed by atoms with Gasteiger partial charge in [-0.15, -0.1) is 10.2 Å². The largest absolute Gasteiger partial charge is 0.496 e. The minimum atomic E-state index is -0.259. The molecule has 0 radical (unpaired) electrons. The molecule has 1 heterocycles. The normalized spacial score (nSPS) is 10.5. The number of nitrogens with zero attached hydrogens (tertiary/aromatic N) is 3. The van der Waals surface area contributed by atoms with E-state index in [1.165, 1.54) is 17.3 Å². The average Bonchev–Trinajstić information content (AvgIpc) is 3.32. The molecule has 0 saturated heterocycles. The summed E-state index contributed by atoms with van der Waals surface area (Å²) in [4.78, 5) is 12.5. The van der Waals surface area contributed by atoms with Gasteiger partial charge in [-0.3, -0.25) is 20.2 Å². The second-order valence-electron chi connectivity index (χ2n) is 7.89. The van der Waals surface area contributed by atoms with Crippen LogP contribution in [0.3, 0.4) is 0 Å². The number of methoxy groups -OCH3 is 1. The monoisotopic (exact) mass is 518 g/mol. The fourth-order valence-electron chi connectivity index (χ4n) is 3.45. The Morgan fingerprint density at radius 3 is 2.47 bits per heavy atom. The summed E-state index contributed by atoms with van der Waals surface area (Å²) in [7, 11) is 1.62. The Labute approximate surface area is 219 Å². The Morgan fingerprint density at radius 2 is 1.72 bits per heavy atom. The number of thiocarbonyl (C=S) groups is 1. The Hall–Kier alpha value is -3.89. The molecule has 10 heteroatoms. The molecule has 0 fully saturated rings. The number of anilines is 1. The molecule has 0 unspecified atom stereocenters. The number of hydrazine groups is 1. The first kappa shape index (κ1) is 25.2. The van der Waals surface area contributed by atoms with E-state index in [1.54, 1.807) is 7.11 Å². The van der Waals surface area contributed by atoms with Crippen molar-refractivity contribution in [1.82, 2.24) is 25.6 Å². The molecule has 4 rings (SSSR count). The van der Waals surface area contributed by atoms with Crippen LogP contribution in [0.25, 0.3) is 17.1 Å². The molecule has 0 aliphatic rings. The van der Waals surface area contributed by atoms with E-state index in [1.807, 2.05) is 91.2 Å². The fraction of sp³-hybridized carbons (Fsp3) is 0.154. The summed E-state index contributed by atoms with van der Waals surface area (Å²) in [5, 5.41) is 12.7. The molecule has 0 atom stereocenters. The smallest absolute Gasteiger partial charge is 0.248 e. The van der Waals surface area contributed by atoms with E-state index in [4.69, 9.17) is 17.0 Å². The van der Waals surface area contributed by atoms with E-state index >= 15 is 0 Å². The number of nitrogens with one attached hydrogen (secondary N) is 3. The summed E-state index contributed by atoms with van der Waals surface area (Å²) in [5.74, 6) is 1.16. The number of hydrogen-bond donors (Lipinski definition) is 3. The first-order valence-corrected chi connectivity index (χ1v) is 12.6. The zero-order valence-electron chi connectivity index (χ0n) is 20.1. The van der Waals surface area contributed by atoms with Crippen LogP contribution >= 0.6 is 24.0 Å². The third-order valence-electron chi connectivity index (χ3n) is 5.41. The molecular weight excluding hydrogens is 492 g/mol. The third-order valence-corrected chi connectivity index (χ3v) is 6.54. The predicted octanol–water partition coefficient (Wildman–Crippen LogP) is 4.67. The van der Waals surface area contributed by atoms with Crippen LogP contribution in [-0.2, 0) is 4.79 Å². The SMILES string of the molecule is COc1ccccc1-c1nnc(SCC(=O)NNC(=S)Nc2ccc(C)c(C)c2)n1-c1ccccc1. The van der Waals surface area contributed by atoms with E-state index in [0.29, 0.717) is 21.8 Å². The molecule has 0 spiro atoms. The van der Waals surface area contributed by atoms with Crippen molar-refractivity contribution in [3.8, 4) is 22.8 Å². The van der Waals surface area contributed by atoms with Gasteiger partial charge in [0, 0.05) is 11.4 Å². The number of benzene rings is 3. The zero-order chi connectivity index (χ0) is 25.5. The summed E-state index contributed by atoms with van der Waals surface area (Å²) in [5.41, 5.74) is 10.2. The molecule has 3 aromatic carbocycles. The van der Waals surface area contributed by atoms with Gasteiger partial charge in [0.25, 0.3) is 0 Å². The molecule has 4 aromatic rings. The van der Waals surface area contributed by atoms with Crippen molar-refractivity contribution < 1.29 is 9.53 Å². The fourth-order valence-corrected chi connectivity index (χ4v) is 4.37. The lowest BCUT2D eigenvalue weighted by molar-refractivity contribution is -0.119. The van der Waals surface area contributed by atoms with Gasteiger partial charge in [0.2, 0.25) is 5.91 Å². The number of rotatable bonds is 7. The van der Waals surface area contributed by atoms with Gasteiger partial charge < -0.3 is 10.1 Å². The Kier molecular flexibility index (Phi) is 8.19. The van der Waals surface area contributed by atoms with E-state index in [2.05, 4.69) is 26.4 Å². The van der Waals surface area contributed by atoms with Crippen LogP contribution < -0.4 is 20.9 Å². The Morgan fingerprint density at radius 1 is 0.972 bits per heavy atom. The van der Waals surface area contributed by atoms with Crippen molar-refractivity contribution in [3.05, 3.63) is 83.9 Å². The molecule has 0 bridgehead atoms. The molecule has 0 aliphatic heterocycles. The summed E-state index contributed by atoms with van der Waals surface area (Å²) < 4.78 is 7.44. The second kappa shape index (κ2) is 11.7. The first-order valence-electron chi connectivity index (χ1n) is 11.2. The van der Waals surface area contributed by atoms with Gasteiger partial charge in [-0.05, 0) is 73.6 Å². The summed E-state index contributed by atoms with van der Waals surface area (Å²) in [6.45, 7) is 4.08. The highest BCUT2D eigenvalue weighted by Gasteiger charge is 2.19. The quantitative estimate of drug-likeness (QED) is 0.185. The van der Waals surface area contributed by atoms with Gasteiger partial charge in [-0.1, -0.05) is 48.2 Å². The van der Waals surface area contributed by atoms with Crippen molar-refractivity contribution in [1.29, 1.82) is 0 Å². The second-order valence-corrected chi connectivity index (χ2v) is 9.24. The number of para-hydroxylation sites is 2. The lowest BCUT2D eigenvalue weighted by Gasteiger charge is -2.13. The number of amides is 1. The maximum atomic E-state index is 12.5. The van der Waals surface area contributed by atoms with Crippen molar-refractivity contribution in [2.24, 2.45) is 0 Å². The first-order chi connectivity index (χ1) is 17.5. The highest BCUT2D eigenvalue weighted by atomic mass is 32.2. The molecule has 3 N–H and O–H groups in total. The molecule has 1 aromatic heterocycles. The van der Waals surface area contributed by atoms with Crippen molar-refractivity contribution in [2.45, 2.75) is 19.0 Å². The van der Waals surface area contributed by atoms with Crippen LogP contribution in [0.1, 0.15) is 11.1 Å². The number of aryl methyl sites for hydroxylation is 2. The summed E-state index contributed by atoms with van der Waals surface area (Å²) >= 11 is 6.56. The number of ether oxygens (including phenoxy) is 1. The maximum Gasteiger partial charge on any atom is 0.248 e. The molecule has 36 heavy (non-hydrogen) atoms. The third kappa shape index (κ3) is 6.02.